The summed E-state index contributed by atoms with van der Waals surface area (Å²) < 4.78 is 0. The Morgan fingerprint density at radius 1 is 0.200 bits per heavy atom. The second-order valence-electron chi connectivity index (χ2n) is 13.2. The quantitative estimate of drug-likeness (QED) is 0.166. The Morgan fingerprint density at radius 2 is 0.700 bits per heavy atom. The van der Waals surface area contributed by atoms with Crippen LogP contribution in [0.4, 0.5) is 0 Å². The van der Waals surface area contributed by atoms with E-state index in [4.69, 9.17) is 0 Å². The standard InChI is InChI=1S/C50H32/c1-2-10-33(11-3-1)39-14-8-15-40(32-39)43-17-6-7-18-45(43)46-29-27-38-25-24-37-26-28-44(47-30-31-48(46)50(38)49(37)47)36-22-20-35(21-23-36)42-19-9-13-34-12-4-5-16-41(34)42/h1-32H. The summed E-state index contributed by atoms with van der Waals surface area (Å²) in [5.41, 5.74) is 12.4. The van der Waals surface area contributed by atoms with Crippen LogP contribution >= 0.6 is 0 Å². The van der Waals surface area contributed by atoms with E-state index in [0.29, 0.717) is 0 Å². The molecule has 0 nitrogen and oxygen atoms in total. The monoisotopic (exact) mass is 632 g/mol. The Labute approximate surface area is 291 Å². The molecule has 0 bridgehead atoms. The Bertz CT molecular complexity index is 2840. The van der Waals surface area contributed by atoms with E-state index >= 15 is 0 Å². The van der Waals surface area contributed by atoms with Gasteiger partial charge in [0.25, 0.3) is 0 Å². The molecule has 0 amide bonds. The summed E-state index contributed by atoms with van der Waals surface area (Å²) in [5, 5.41) is 10.3. The highest BCUT2D eigenvalue weighted by atomic mass is 14.2. The predicted octanol–water partition coefficient (Wildman–Crippen LogP) is 14.1. The fourth-order valence-electron chi connectivity index (χ4n) is 8.06. The minimum Gasteiger partial charge on any atom is -0.0622 e. The maximum absolute atomic E-state index is 2.35. The van der Waals surface area contributed by atoms with E-state index in [1.54, 1.807) is 0 Å². The van der Waals surface area contributed by atoms with Crippen molar-refractivity contribution in [2.75, 3.05) is 0 Å². The molecule has 0 aliphatic rings. The zero-order valence-corrected chi connectivity index (χ0v) is 27.5. The Kier molecular flexibility index (Phi) is 6.60. The van der Waals surface area contributed by atoms with Crippen LogP contribution in [0.5, 0.6) is 0 Å². The van der Waals surface area contributed by atoms with Crippen molar-refractivity contribution in [3.63, 3.8) is 0 Å². The van der Waals surface area contributed by atoms with Gasteiger partial charge >= 0.3 is 0 Å². The summed E-state index contributed by atoms with van der Waals surface area (Å²) in [7, 11) is 0. The van der Waals surface area contributed by atoms with Crippen molar-refractivity contribution in [1.82, 2.24) is 0 Å². The van der Waals surface area contributed by atoms with Gasteiger partial charge in [-0.2, -0.15) is 0 Å². The van der Waals surface area contributed by atoms with Crippen molar-refractivity contribution in [3.8, 4) is 55.6 Å². The van der Waals surface area contributed by atoms with E-state index in [1.165, 1.54) is 98.7 Å². The van der Waals surface area contributed by atoms with Gasteiger partial charge < -0.3 is 0 Å². The number of rotatable bonds is 5. The second-order valence-corrected chi connectivity index (χ2v) is 13.2. The summed E-state index contributed by atoms with van der Waals surface area (Å²) in [4.78, 5) is 0. The number of hydrogen-bond acceptors (Lipinski definition) is 0. The third-order valence-electron chi connectivity index (χ3n) is 10.5. The van der Waals surface area contributed by atoms with E-state index in [2.05, 4.69) is 194 Å². The van der Waals surface area contributed by atoms with Crippen LogP contribution in [0.25, 0.3) is 98.7 Å². The average Bonchev–Trinajstić information content (AvgIpc) is 3.20. The first-order valence-electron chi connectivity index (χ1n) is 17.3. The van der Waals surface area contributed by atoms with Crippen molar-refractivity contribution >= 4 is 43.1 Å². The zero-order chi connectivity index (χ0) is 33.0. The molecule has 0 heteroatoms. The highest BCUT2D eigenvalue weighted by Crippen LogP contribution is 2.44. The molecule has 0 aliphatic heterocycles. The van der Waals surface area contributed by atoms with E-state index < -0.39 is 0 Å². The average molecular weight is 633 g/mol. The van der Waals surface area contributed by atoms with E-state index in [0.717, 1.165) is 0 Å². The molecule has 0 saturated carbocycles. The molecule has 0 saturated heterocycles. The van der Waals surface area contributed by atoms with Gasteiger partial charge in [0.05, 0.1) is 0 Å². The highest BCUT2D eigenvalue weighted by molar-refractivity contribution is 6.28. The molecule has 0 aliphatic carbocycles. The summed E-state index contributed by atoms with van der Waals surface area (Å²) in [6.45, 7) is 0. The molecule has 0 fully saturated rings. The predicted molar refractivity (Wildman–Crippen MR) is 215 cm³/mol. The Morgan fingerprint density at radius 3 is 1.46 bits per heavy atom. The molecule has 0 N–H and O–H groups in total. The molecule has 10 aromatic carbocycles. The molecule has 232 valence electrons. The minimum atomic E-state index is 1.22. The summed E-state index contributed by atoms with van der Waals surface area (Å²) >= 11 is 0. The number of hydrogen-bond donors (Lipinski definition) is 0. The van der Waals surface area contributed by atoms with Crippen LogP contribution in [0, 0.1) is 0 Å². The van der Waals surface area contributed by atoms with Gasteiger partial charge in [0.2, 0.25) is 0 Å². The SMILES string of the molecule is c1ccc(-c2cccc(-c3ccccc3-c3ccc4ccc5ccc(-c6ccc(-c7cccc8ccccc78)cc6)c6ccc3c4c56)c2)cc1. The van der Waals surface area contributed by atoms with Crippen molar-refractivity contribution < 1.29 is 0 Å². The lowest BCUT2D eigenvalue weighted by atomic mass is 9.85. The highest BCUT2D eigenvalue weighted by Gasteiger charge is 2.17. The third kappa shape index (κ3) is 4.61. The normalized spacial score (nSPS) is 11.6. The van der Waals surface area contributed by atoms with Crippen molar-refractivity contribution in [3.05, 3.63) is 194 Å². The van der Waals surface area contributed by atoms with Crippen LogP contribution < -0.4 is 0 Å². The fraction of sp³-hybridized carbons (Fsp3) is 0. The van der Waals surface area contributed by atoms with Gasteiger partial charge in [0.15, 0.2) is 0 Å². The summed E-state index contributed by atoms with van der Waals surface area (Å²) in [6.07, 6.45) is 0. The number of fused-ring (bicyclic) bond motifs is 1. The van der Waals surface area contributed by atoms with Gasteiger partial charge in [0.1, 0.15) is 0 Å². The molecule has 0 spiro atoms. The lowest BCUT2D eigenvalue weighted by molar-refractivity contribution is 1.58. The van der Waals surface area contributed by atoms with Gasteiger partial charge in [-0.25, -0.2) is 0 Å². The molecule has 0 radical (unpaired) electrons. The molecule has 0 atom stereocenters. The molecular formula is C50H32. The van der Waals surface area contributed by atoms with Crippen molar-refractivity contribution in [1.29, 1.82) is 0 Å². The first kappa shape index (κ1) is 28.5. The van der Waals surface area contributed by atoms with Crippen LogP contribution in [0.3, 0.4) is 0 Å². The van der Waals surface area contributed by atoms with Gasteiger partial charge in [-0.15, -0.1) is 0 Å². The van der Waals surface area contributed by atoms with Gasteiger partial charge in [-0.3, -0.25) is 0 Å². The first-order valence-corrected chi connectivity index (χ1v) is 17.3. The Hall–Kier alpha value is -6.50. The molecule has 0 unspecified atom stereocenters. The molecule has 10 rings (SSSR count). The van der Waals surface area contributed by atoms with Crippen LogP contribution in [-0.4, -0.2) is 0 Å². The lowest BCUT2D eigenvalue weighted by Crippen LogP contribution is -1.91. The first-order chi connectivity index (χ1) is 24.8. The van der Waals surface area contributed by atoms with Gasteiger partial charge in [0, 0.05) is 0 Å². The second kappa shape index (κ2) is 11.6. The van der Waals surface area contributed by atoms with Crippen LogP contribution in [0.15, 0.2) is 194 Å². The largest absolute Gasteiger partial charge is 0.0622 e. The van der Waals surface area contributed by atoms with Crippen LogP contribution in [-0.2, 0) is 0 Å². The fourth-order valence-corrected chi connectivity index (χ4v) is 8.06. The molecule has 0 heterocycles. The zero-order valence-electron chi connectivity index (χ0n) is 27.5. The topological polar surface area (TPSA) is 0 Å². The lowest BCUT2D eigenvalue weighted by Gasteiger charge is -2.18. The van der Waals surface area contributed by atoms with Gasteiger partial charge in [-0.1, -0.05) is 188 Å². The van der Waals surface area contributed by atoms with Crippen molar-refractivity contribution in [2.45, 2.75) is 0 Å². The minimum absolute atomic E-state index is 1.22. The van der Waals surface area contributed by atoms with E-state index in [9.17, 15) is 0 Å². The Balaban J connectivity index is 1.11. The van der Waals surface area contributed by atoms with Gasteiger partial charge in [-0.05, 0) is 105 Å². The summed E-state index contributed by atoms with van der Waals surface area (Å²) in [6, 6.07) is 71.2. The van der Waals surface area contributed by atoms with E-state index in [1.807, 2.05) is 0 Å². The smallest absolute Gasteiger partial charge is 0.00203 e. The van der Waals surface area contributed by atoms with E-state index in [-0.39, 0.29) is 0 Å². The maximum Gasteiger partial charge on any atom is -0.00203 e. The molecule has 50 heavy (non-hydrogen) atoms. The summed E-state index contributed by atoms with van der Waals surface area (Å²) in [5.74, 6) is 0. The molecule has 0 aromatic heterocycles. The molecule has 10 aromatic rings. The molecular weight excluding hydrogens is 601 g/mol. The van der Waals surface area contributed by atoms with Crippen LogP contribution in [0.2, 0.25) is 0 Å². The van der Waals surface area contributed by atoms with Crippen LogP contribution in [0.1, 0.15) is 0 Å². The third-order valence-corrected chi connectivity index (χ3v) is 10.5. The van der Waals surface area contributed by atoms with Crippen molar-refractivity contribution in [2.24, 2.45) is 0 Å². The maximum atomic E-state index is 2.35. The number of benzene rings is 10.